The molecule has 17 heavy (non-hydrogen) atoms. The van der Waals surface area contributed by atoms with Gasteiger partial charge in [0.2, 0.25) is 0 Å². The number of aromatic nitrogens is 1. The van der Waals surface area contributed by atoms with Crippen LogP contribution in [-0.2, 0) is 10.5 Å². The fraction of sp³-hybridized carbons (Fsp3) is 0.455. The third-order valence-electron chi connectivity index (χ3n) is 2.08. The van der Waals surface area contributed by atoms with Crippen LogP contribution in [0.2, 0.25) is 0 Å². The van der Waals surface area contributed by atoms with E-state index in [0.717, 1.165) is 17.1 Å². The molecule has 3 N–H and O–H groups in total. The number of pyridine rings is 1. The van der Waals surface area contributed by atoms with Crippen LogP contribution in [0.5, 0.6) is 5.75 Å². The number of nitrogens with zero attached hydrogens (tertiary/aromatic N) is 1. The fourth-order valence-corrected chi connectivity index (χ4v) is 2.13. The number of nitrogens with two attached hydrogens (primary N) is 1. The van der Waals surface area contributed by atoms with Crippen molar-refractivity contribution in [3.63, 3.8) is 0 Å². The van der Waals surface area contributed by atoms with Gasteiger partial charge in [-0.2, -0.15) is 11.8 Å². The van der Waals surface area contributed by atoms with Gasteiger partial charge in [-0.25, -0.2) is 0 Å². The van der Waals surface area contributed by atoms with Crippen LogP contribution in [0.4, 0.5) is 0 Å². The maximum Gasteiger partial charge on any atom is 0.321 e. The molecule has 0 aromatic carbocycles. The van der Waals surface area contributed by atoms with Crippen molar-refractivity contribution in [1.29, 1.82) is 0 Å². The lowest BCUT2D eigenvalue weighted by molar-refractivity contribution is -0.137. The lowest BCUT2D eigenvalue weighted by atomic mass is 10.3. The second kappa shape index (κ2) is 6.46. The van der Waals surface area contributed by atoms with Crippen molar-refractivity contribution in [3.05, 3.63) is 23.5 Å². The molecule has 1 rings (SSSR count). The largest absolute Gasteiger partial charge is 0.497 e. The van der Waals surface area contributed by atoms with Gasteiger partial charge < -0.3 is 15.6 Å². The highest BCUT2D eigenvalue weighted by molar-refractivity contribution is 7.98. The van der Waals surface area contributed by atoms with Crippen molar-refractivity contribution >= 4 is 17.7 Å². The summed E-state index contributed by atoms with van der Waals surface area (Å²) in [6, 6.07) is 2.86. The maximum absolute atomic E-state index is 10.5. The van der Waals surface area contributed by atoms with Crippen molar-refractivity contribution in [3.8, 4) is 5.75 Å². The van der Waals surface area contributed by atoms with Gasteiger partial charge in [-0.05, 0) is 6.92 Å². The zero-order valence-corrected chi connectivity index (χ0v) is 10.7. The Hall–Kier alpha value is -1.27. The molecule has 0 saturated heterocycles. The molecule has 1 heterocycles. The molecule has 0 fully saturated rings. The van der Waals surface area contributed by atoms with Gasteiger partial charge in [-0.1, -0.05) is 0 Å². The Labute approximate surface area is 104 Å². The van der Waals surface area contributed by atoms with E-state index >= 15 is 0 Å². The highest BCUT2D eigenvalue weighted by atomic mass is 32.2. The molecule has 0 saturated carbocycles. The molecule has 0 aliphatic rings. The number of carbonyl (C=O) groups is 1. The molecule has 1 aromatic heterocycles. The molecule has 0 spiro atoms. The highest BCUT2D eigenvalue weighted by Gasteiger charge is 2.11. The Balaban J connectivity index is 2.51. The number of thioether (sulfide) groups is 1. The summed E-state index contributed by atoms with van der Waals surface area (Å²) in [5.74, 6) is 0.773. The first-order chi connectivity index (χ1) is 8.02. The molecule has 1 unspecified atom stereocenters. The van der Waals surface area contributed by atoms with Crippen molar-refractivity contribution in [2.24, 2.45) is 5.73 Å². The summed E-state index contributed by atoms with van der Waals surface area (Å²) in [4.78, 5) is 14.9. The molecule has 0 aliphatic heterocycles. The van der Waals surface area contributed by atoms with Gasteiger partial charge >= 0.3 is 5.97 Å². The zero-order valence-electron chi connectivity index (χ0n) is 9.84. The minimum atomic E-state index is -0.979. The summed E-state index contributed by atoms with van der Waals surface area (Å²) in [5, 5.41) is 8.63. The smallest absolute Gasteiger partial charge is 0.321 e. The monoisotopic (exact) mass is 256 g/mol. The molecule has 6 heteroatoms. The summed E-state index contributed by atoms with van der Waals surface area (Å²) in [7, 11) is 1.60. The summed E-state index contributed by atoms with van der Waals surface area (Å²) in [5.41, 5.74) is 7.14. The molecule has 1 atom stereocenters. The van der Waals surface area contributed by atoms with E-state index in [4.69, 9.17) is 15.6 Å². The molecule has 0 amide bonds. The fourth-order valence-electron chi connectivity index (χ4n) is 1.26. The molecular formula is C11H16N2O3S. The van der Waals surface area contributed by atoms with E-state index in [1.165, 1.54) is 11.8 Å². The van der Waals surface area contributed by atoms with Crippen LogP contribution in [-0.4, -0.2) is 35.0 Å². The summed E-state index contributed by atoms with van der Waals surface area (Å²) in [6.45, 7) is 1.89. The molecule has 0 bridgehead atoms. The van der Waals surface area contributed by atoms with Gasteiger partial charge in [-0.15, -0.1) is 0 Å². The predicted molar refractivity (Wildman–Crippen MR) is 67.3 cm³/mol. The first-order valence-corrected chi connectivity index (χ1v) is 6.26. The lowest BCUT2D eigenvalue weighted by Gasteiger charge is -2.07. The average Bonchev–Trinajstić information content (AvgIpc) is 2.27. The molecular weight excluding hydrogens is 240 g/mol. The Kier molecular flexibility index (Phi) is 5.24. The van der Waals surface area contributed by atoms with E-state index in [1.807, 2.05) is 19.1 Å². The molecule has 5 nitrogen and oxygen atoms in total. The van der Waals surface area contributed by atoms with Crippen LogP contribution in [0.1, 0.15) is 11.4 Å². The molecule has 1 aromatic rings. The van der Waals surface area contributed by atoms with Gasteiger partial charge in [0.15, 0.2) is 0 Å². The van der Waals surface area contributed by atoms with E-state index in [9.17, 15) is 4.79 Å². The average molecular weight is 256 g/mol. The number of methoxy groups -OCH3 is 1. The standard InChI is InChI=1S/C11H16N2O3S/c1-7-3-9(16-2)4-8(13-7)5-17-6-10(12)11(14)15/h3-4,10H,5-6,12H2,1-2H3,(H,14,15). The first kappa shape index (κ1) is 13.8. The third-order valence-corrected chi connectivity index (χ3v) is 3.17. The second-order valence-electron chi connectivity index (χ2n) is 3.60. The van der Waals surface area contributed by atoms with E-state index in [2.05, 4.69) is 4.98 Å². The van der Waals surface area contributed by atoms with E-state index in [0.29, 0.717) is 11.5 Å². The maximum atomic E-state index is 10.5. The van der Waals surface area contributed by atoms with E-state index in [-0.39, 0.29) is 0 Å². The molecule has 0 radical (unpaired) electrons. The summed E-state index contributed by atoms with van der Waals surface area (Å²) in [6.07, 6.45) is 0. The third kappa shape index (κ3) is 4.62. The quantitative estimate of drug-likeness (QED) is 0.791. The number of carboxylic acid groups (broad SMARTS) is 1. The molecule has 0 aliphatic carbocycles. The van der Waals surface area contributed by atoms with Gasteiger partial charge in [0.1, 0.15) is 11.8 Å². The number of carboxylic acids is 1. The number of hydrogen-bond donors (Lipinski definition) is 2. The lowest BCUT2D eigenvalue weighted by Crippen LogP contribution is -2.32. The number of aliphatic carboxylic acids is 1. The summed E-state index contributed by atoms with van der Waals surface area (Å²) >= 11 is 1.45. The van der Waals surface area contributed by atoms with Crippen LogP contribution in [0.3, 0.4) is 0 Å². The minimum Gasteiger partial charge on any atom is -0.497 e. The van der Waals surface area contributed by atoms with Gasteiger partial charge in [0, 0.05) is 29.3 Å². The van der Waals surface area contributed by atoms with Crippen LogP contribution < -0.4 is 10.5 Å². The minimum absolute atomic E-state index is 0.368. The number of ether oxygens (including phenoxy) is 1. The number of hydrogen-bond acceptors (Lipinski definition) is 5. The van der Waals surface area contributed by atoms with Crippen LogP contribution in [0.15, 0.2) is 12.1 Å². The normalized spacial score (nSPS) is 12.2. The zero-order chi connectivity index (χ0) is 12.8. The second-order valence-corrected chi connectivity index (χ2v) is 4.63. The van der Waals surface area contributed by atoms with E-state index in [1.54, 1.807) is 7.11 Å². The topological polar surface area (TPSA) is 85.4 Å². The Morgan fingerprint density at radius 3 is 2.94 bits per heavy atom. The number of aryl methyl sites for hydroxylation is 1. The first-order valence-electron chi connectivity index (χ1n) is 5.10. The molecule has 94 valence electrons. The van der Waals surface area contributed by atoms with Crippen molar-refractivity contribution in [2.75, 3.05) is 12.9 Å². The van der Waals surface area contributed by atoms with Crippen molar-refractivity contribution in [2.45, 2.75) is 18.7 Å². The SMILES string of the molecule is COc1cc(C)nc(CSCC(N)C(=O)O)c1. The Morgan fingerprint density at radius 1 is 1.65 bits per heavy atom. The van der Waals surface area contributed by atoms with Gasteiger partial charge in [-0.3, -0.25) is 9.78 Å². The van der Waals surface area contributed by atoms with E-state index < -0.39 is 12.0 Å². The predicted octanol–water partition coefficient (Wildman–Crippen LogP) is 1.04. The Morgan fingerprint density at radius 2 is 2.35 bits per heavy atom. The van der Waals surface area contributed by atoms with Crippen LogP contribution >= 0.6 is 11.8 Å². The summed E-state index contributed by atoms with van der Waals surface area (Å²) < 4.78 is 5.13. The van der Waals surface area contributed by atoms with Crippen LogP contribution in [0.25, 0.3) is 0 Å². The van der Waals surface area contributed by atoms with Gasteiger partial charge in [0.25, 0.3) is 0 Å². The van der Waals surface area contributed by atoms with Crippen molar-refractivity contribution < 1.29 is 14.6 Å². The van der Waals surface area contributed by atoms with Crippen molar-refractivity contribution in [1.82, 2.24) is 4.98 Å². The Bertz CT molecular complexity index is 398. The van der Waals surface area contributed by atoms with Gasteiger partial charge in [0.05, 0.1) is 12.8 Å². The highest BCUT2D eigenvalue weighted by Crippen LogP contribution is 2.17. The number of rotatable bonds is 6. The van der Waals surface area contributed by atoms with Crippen LogP contribution in [0, 0.1) is 6.92 Å².